The number of aryl methyl sites for hydroxylation is 1. The van der Waals surface area contributed by atoms with Gasteiger partial charge in [-0.25, -0.2) is 0 Å². The molecule has 1 aliphatic rings. The van der Waals surface area contributed by atoms with E-state index in [4.69, 9.17) is 10.0 Å². The molecule has 1 radical (unpaired) electrons. The smallest absolute Gasteiger partial charge is 0.429 e. The van der Waals surface area contributed by atoms with Gasteiger partial charge in [0.25, 0.3) is 0 Å². The maximum atomic E-state index is 7.00. The Morgan fingerprint density at radius 2 is 1.86 bits per heavy atom. The van der Waals surface area contributed by atoms with Gasteiger partial charge < -0.3 is 15.4 Å². The van der Waals surface area contributed by atoms with E-state index in [0.717, 1.165) is 6.42 Å². The van der Waals surface area contributed by atoms with Crippen molar-refractivity contribution in [1.29, 1.82) is 0 Å². The summed E-state index contributed by atoms with van der Waals surface area (Å²) in [7, 11) is 0. The Balaban J connectivity index is 0.000000789. The zero-order valence-corrected chi connectivity index (χ0v) is 16.5. The predicted octanol–water partition coefficient (Wildman–Crippen LogP) is 4.55. The molecule has 3 N–H and O–H groups in total. The number of benzene rings is 1. The van der Waals surface area contributed by atoms with Crippen LogP contribution in [0.3, 0.4) is 0 Å². The van der Waals surface area contributed by atoms with Gasteiger partial charge in [-0.3, -0.25) is 0 Å². The van der Waals surface area contributed by atoms with Gasteiger partial charge in [-0.15, -0.1) is 0 Å². The van der Waals surface area contributed by atoms with Gasteiger partial charge in [-0.05, 0) is 62.3 Å². The maximum absolute atomic E-state index is 7.00. The molecule has 0 saturated carbocycles. The number of hydrogen-bond acceptors (Lipinski definition) is 3. The van der Waals surface area contributed by atoms with Crippen LogP contribution in [0.2, 0.25) is 0 Å². The minimum absolute atomic E-state index is 0. The van der Waals surface area contributed by atoms with Crippen LogP contribution in [0.4, 0.5) is 5.69 Å². The van der Waals surface area contributed by atoms with Crippen LogP contribution in [0.15, 0.2) is 10.5 Å². The van der Waals surface area contributed by atoms with Gasteiger partial charge in [0.2, 0.25) is 0 Å². The molecule has 0 amide bonds. The second-order valence-corrected chi connectivity index (χ2v) is 6.88. The third-order valence-electron chi connectivity index (χ3n) is 3.75. The first-order chi connectivity index (χ1) is 10.3. The lowest BCUT2D eigenvalue weighted by atomic mass is 9.78. The summed E-state index contributed by atoms with van der Waals surface area (Å²) in [5, 5.41) is 17.7. The molecule has 0 spiro atoms. The molecule has 0 aromatic heterocycles. The zero-order chi connectivity index (χ0) is 17.5. The van der Waals surface area contributed by atoms with Crippen molar-refractivity contribution in [2.45, 2.75) is 72.8 Å². The van der Waals surface area contributed by atoms with Crippen molar-refractivity contribution in [3.8, 4) is 0 Å². The Bertz CT molecular complexity index is 478. The number of halogens is 1. The highest BCUT2D eigenvalue weighted by molar-refractivity contribution is 9.10. The minimum Gasteiger partial charge on any atom is -0.429 e. The summed E-state index contributed by atoms with van der Waals surface area (Å²) in [5.74, 6) is 0.632. The van der Waals surface area contributed by atoms with Gasteiger partial charge in [0.05, 0.1) is 0 Å². The lowest BCUT2D eigenvalue weighted by Gasteiger charge is -2.40. The first-order valence-electron chi connectivity index (χ1n) is 7.97. The maximum Gasteiger partial charge on any atom is 0.482 e. The molecule has 1 atom stereocenters. The van der Waals surface area contributed by atoms with Crippen LogP contribution in [-0.2, 0) is 6.42 Å². The zero-order valence-electron chi connectivity index (χ0n) is 14.9. The van der Waals surface area contributed by atoms with E-state index >= 15 is 0 Å². The molecule has 1 unspecified atom stereocenters. The molecule has 125 valence electrons. The van der Waals surface area contributed by atoms with Crippen molar-refractivity contribution < 1.29 is 10.0 Å². The van der Waals surface area contributed by atoms with Crippen LogP contribution in [0, 0.1) is 6.92 Å². The minimum atomic E-state index is 0. The van der Waals surface area contributed by atoms with E-state index in [1.54, 1.807) is 0 Å². The third-order valence-corrected chi connectivity index (χ3v) is 4.45. The van der Waals surface area contributed by atoms with E-state index in [1.807, 2.05) is 13.8 Å². The third kappa shape index (κ3) is 5.29. The molecule has 2 rings (SSSR count). The number of rotatable bonds is 1. The number of fused-ring (bicyclic) bond motifs is 1. The van der Waals surface area contributed by atoms with Crippen molar-refractivity contribution in [3.63, 3.8) is 0 Å². The summed E-state index contributed by atoms with van der Waals surface area (Å²) < 4.78 is 1.27. The first kappa shape index (κ1) is 21.5. The van der Waals surface area contributed by atoms with Gasteiger partial charge in [-0.1, -0.05) is 43.6 Å². The molecule has 3 nitrogen and oxygen atoms in total. The summed E-state index contributed by atoms with van der Waals surface area (Å²) in [4.78, 5) is 0. The molecule has 1 aromatic rings. The molecular formula is C17H30BBrNO2. The summed E-state index contributed by atoms with van der Waals surface area (Å²) in [6.45, 7) is 15.4. The largest absolute Gasteiger partial charge is 0.482 e. The quantitative estimate of drug-likeness (QED) is 0.635. The van der Waals surface area contributed by atoms with Crippen molar-refractivity contribution in [2.75, 3.05) is 5.32 Å². The number of anilines is 1. The normalized spacial score (nSPS) is 17.8. The van der Waals surface area contributed by atoms with Crippen LogP contribution in [0.25, 0.3) is 0 Å². The number of hydrogen-bond donors (Lipinski definition) is 3. The summed E-state index contributed by atoms with van der Waals surface area (Å²) in [6.07, 6.45) is 2.29. The van der Waals surface area contributed by atoms with Crippen molar-refractivity contribution >= 4 is 29.3 Å². The fourth-order valence-electron chi connectivity index (χ4n) is 3.17. The van der Waals surface area contributed by atoms with Crippen molar-refractivity contribution in [2.24, 2.45) is 0 Å². The molecule has 0 bridgehead atoms. The topological polar surface area (TPSA) is 52.5 Å². The van der Waals surface area contributed by atoms with Crippen molar-refractivity contribution in [1.82, 2.24) is 0 Å². The van der Waals surface area contributed by atoms with Gasteiger partial charge in [0.1, 0.15) is 0 Å². The Morgan fingerprint density at radius 1 is 1.36 bits per heavy atom. The van der Waals surface area contributed by atoms with E-state index in [1.165, 1.54) is 33.3 Å². The lowest BCUT2D eigenvalue weighted by Crippen LogP contribution is -2.37. The SMILES string of the molecule is CC.CCc1c(Br)cc(C)c2c1C(C)CC(C)(C)N2.O[B]O. The Hall–Kier alpha value is -0.515. The Kier molecular flexibility index (Phi) is 9.36. The summed E-state index contributed by atoms with van der Waals surface area (Å²) in [6, 6.07) is 2.25. The van der Waals surface area contributed by atoms with Crippen LogP contribution >= 0.6 is 15.9 Å². The molecule has 22 heavy (non-hydrogen) atoms. The highest BCUT2D eigenvalue weighted by atomic mass is 79.9. The van der Waals surface area contributed by atoms with E-state index in [0.29, 0.717) is 5.92 Å². The summed E-state index contributed by atoms with van der Waals surface area (Å²) in [5.41, 5.74) is 5.92. The highest BCUT2D eigenvalue weighted by Gasteiger charge is 2.32. The second kappa shape index (κ2) is 9.59. The molecule has 1 aliphatic heterocycles. The molecule has 0 aliphatic carbocycles. The van der Waals surface area contributed by atoms with E-state index < -0.39 is 0 Å². The van der Waals surface area contributed by atoms with E-state index in [9.17, 15) is 0 Å². The Labute approximate surface area is 145 Å². The van der Waals surface area contributed by atoms with Gasteiger partial charge in [-0.2, -0.15) is 0 Å². The van der Waals surface area contributed by atoms with E-state index in [-0.39, 0.29) is 13.2 Å². The van der Waals surface area contributed by atoms with E-state index in [2.05, 4.69) is 61.9 Å². The standard InChI is InChI=1S/C15H22BrN.C2H6.BH2O2/c1-6-11-12(16)7-9(2)14-13(11)10(3)8-15(4,5)17-14;1-2;2-1-3/h7,10,17H,6,8H2,1-5H3;1-2H3;2-3H. The van der Waals surface area contributed by atoms with Crippen LogP contribution in [-0.4, -0.2) is 23.3 Å². The van der Waals surface area contributed by atoms with Crippen LogP contribution < -0.4 is 5.32 Å². The van der Waals surface area contributed by atoms with Gasteiger partial charge in [0, 0.05) is 15.7 Å². The lowest BCUT2D eigenvalue weighted by molar-refractivity contribution is 0.448. The number of nitrogens with one attached hydrogen (secondary N) is 1. The van der Waals surface area contributed by atoms with Crippen molar-refractivity contribution in [3.05, 3.63) is 27.2 Å². The summed E-state index contributed by atoms with van der Waals surface area (Å²) >= 11 is 3.71. The van der Waals surface area contributed by atoms with Crippen LogP contribution in [0.1, 0.15) is 70.6 Å². The molecule has 0 fully saturated rings. The van der Waals surface area contributed by atoms with Gasteiger partial charge in [0.15, 0.2) is 0 Å². The van der Waals surface area contributed by atoms with Gasteiger partial charge >= 0.3 is 7.69 Å². The molecule has 0 saturated heterocycles. The predicted molar refractivity (Wildman–Crippen MR) is 101 cm³/mol. The average molecular weight is 371 g/mol. The first-order valence-corrected chi connectivity index (χ1v) is 8.76. The second-order valence-electron chi connectivity index (χ2n) is 6.03. The Morgan fingerprint density at radius 3 is 2.32 bits per heavy atom. The molecule has 5 heteroatoms. The van der Waals surface area contributed by atoms with Crippen LogP contribution in [0.5, 0.6) is 0 Å². The molecule has 1 heterocycles. The highest BCUT2D eigenvalue weighted by Crippen LogP contribution is 2.44. The molecular weight excluding hydrogens is 341 g/mol. The monoisotopic (exact) mass is 370 g/mol. The fraction of sp³-hybridized carbons (Fsp3) is 0.647. The average Bonchev–Trinajstić information content (AvgIpc) is 2.42. The fourth-order valence-corrected chi connectivity index (χ4v) is 4.00. The molecule has 1 aromatic carbocycles.